The highest BCUT2D eigenvalue weighted by Gasteiger charge is 2.35. The fourth-order valence-corrected chi connectivity index (χ4v) is 4.74. The van der Waals surface area contributed by atoms with Gasteiger partial charge in [-0.05, 0) is 18.9 Å². The maximum absolute atomic E-state index is 12.8. The van der Waals surface area contributed by atoms with Crippen molar-refractivity contribution < 1.29 is 22.7 Å². The summed E-state index contributed by atoms with van der Waals surface area (Å²) in [6.45, 7) is 1.50. The highest BCUT2D eigenvalue weighted by molar-refractivity contribution is 7.91. The number of carbonyl (C=O) groups is 2. The first-order chi connectivity index (χ1) is 13.3. The van der Waals surface area contributed by atoms with E-state index in [4.69, 9.17) is 4.74 Å². The van der Waals surface area contributed by atoms with Crippen LogP contribution in [-0.2, 0) is 25.9 Å². The highest BCUT2D eigenvalue weighted by atomic mass is 32.2. The van der Waals surface area contributed by atoms with Gasteiger partial charge in [-0.1, -0.05) is 30.3 Å². The SMILES string of the molecule is Cc1cnc(C(=O)OCC(=O)N(Cc2ccccc2)C2CCS(=O)(=O)C2)cn1. The Kier molecular flexibility index (Phi) is 6.03. The van der Waals surface area contributed by atoms with Crippen molar-refractivity contribution in [1.29, 1.82) is 0 Å². The average molecular weight is 403 g/mol. The number of amides is 1. The Balaban J connectivity index is 1.69. The number of rotatable bonds is 6. The van der Waals surface area contributed by atoms with Gasteiger partial charge in [0.1, 0.15) is 0 Å². The zero-order chi connectivity index (χ0) is 20.1. The van der Waals surface area contributed by atoms with Gasteiger partial charge in [-0.15, -0.1) is 0 Å². The number of nitrogens with zero attached hydrogens (tertiary/aromatic N) is 3. The number of ether oxygens (including phenoxy) is 1. The largest absolute Gasteiger partial charge is 0.451 e. The Morgan fingerprint density at radius 3 is 2.54 bits per heavy atom. The van der Waals surface area contributed by atoms with Crippen LogP contribution in [0, 0.1) is 6.92 Å². The molecule has 1 fully saturated rings. The molecule has 8 nitrogen and oxygen atoms in total. The van der Waals surface area contributed by atoms with E-state index < -0.39 is 34.4 Å². The Morgan fingerprint density at radius 2 is 1.93 bits per heavy atom. The summed E-state index contributed by atoms with van der Waals surface area (Å²) in [4.78, 5) is 34.2. The van der Waals surface area contributed by atoms with Crippen LogP contribution in [0.5, 0.6) is 0 Å². The molecule has 3 rings (SSSR count). The molecule has 1 saturated heterocycles. The van der Waals surface area contributed by atoms with Crippen molar-refractivity contribution >= 4 is 21.7 Å². The van der Waals surface area contributed by atoms with Crippen molar-refractivity contribution in [3.63, 3.8) is 0 Å². The van der Waals surface area contributed by atoms with E-state index in [1.807, 2.05) is 30.3 Å². The third kappa shape index (κ3) is 5.13. The van der Waals surface area contributed by atoms with Crippen LogP contribution < -0.4 is 0 Å². The Labute approximate surface area is 163 Å². The van der Waals surface area contributed by atoms with E-state index in [0.29, 0.717) is 12.1 Å². The molecular formula is C19H21N3O5S. The monoisotopic (exact) mass is 403 g/mol. The minimum absolute atomic E-state index is 0.0106. The molecule has 1 aliphatic rings. The smallest absolute Gasteiger partial charge is 0.359 e. The second kappa shape index (κ2) is 8.47. The molecule has 0 saturated carbocycles. The Hall–Kier alpha value is -2.81. The molecule has 0 N–H and O–H groups in total. The maximum Gasteiger partial charge on any atom is 0.359 e. The lowest BCUT2D eigenvalue weighted by Gasteiger charge is -2.28. The summed E-state index contributed by atoms with van der Waals surface area (Å²) in [6.07, 6.45) is 3.09. The molecule has 1 aliphatic heterocycles. The summed E-state index contributed by atoms with van der Waals surface area (Å²) >= 11 is 0. The van der Waals surface area contributed by atoms with Crippen LogP contribution in [0.25, 0.3) is 0 Å². The van der Waals surface area contributed by atoms with Gasteiger partial charge in [0, 0.05) is 18.8 Å². The lowest BCUT2D eigenvalue weighted by molar-refractivity contribution is -0.137. The number of aryl methyl sites for hydroxylation is 1. The number of hydrogen-bond acceptors (Lipinski definition) is 7. The predicted molar refractivity (Wildman–Crippen MR) is 101 cm³/mol. The van der Waals surface area contributed by atoms with Gasteiger partial charge in [0.05, 0.1) is 23.4 Å². The van der Waals surface area contributed by atoms with Crippen molar-refractivity contribution in [2.75, 3.05) is 18.1 Å². The van der Waals surface area contributed by atoms with Crippen LogP contribution >= 0.6 is 0 Å². The van der Waals surface area contributed by atoms with Crippen molar-refractivity contribution in [3.05, 3.63) is 59.7 Å². The van der Waals surface area contributed by atoms with E-state index >= 15 is 0 Å². The number of carbonyl (C=O) groups excluding carboxylic acids is 2. The summed E-state index contributed by atoms with van der Waals surface area (Å²) in [6, 6.07) is 8.84. The second-order valence-electron chi connectivity index (χ2n) is 6.68. The molecular weight excluding hydrogens is 382 g/mol. The fraction of sp³-hybridized carbons (Fsp3) is 0.368. The van der Waals surface area contributed by atoms with E-state index in [0.717, 1.165) is 5.56 Å². The summed E-state index contributed by atoms with van der Waals surface area (Å²) in [5, 5.41) is 0. The number of sulfone groups is 1. The van der Waals surface area contributed by atoms with Crippen molar-refractivity contribution in [3.8, 4) is 0 Å². The first-order valence-corrected chi connectivity index (χ1v) is 10.7. The van der Waals surface area contributed by atoms with Crippen LogP contribution in [0.1, 0.15) is 28.2 Å². The third-order valence-electron chi connectivity index (χ3n) is 4.48. The van der Waals surface area contributed by atoms with Crippen LogP contribution in [0.4, 0.5) is 0 Å². The first kappa shape index (κ1) is 19.9. The summed E-state index contributed by atoms with van der Waals surface area (Å²) in [7, 11) is -3.16. The minimum atomic E-state index is -3.16. The third-order valence-corrected chi connectivity index (χ3v) is 6.23. The molecule has 148 valence electrons. The molecule has 0 spiro atoms. The van der Waals surface area contributed by atoms with Crippen molar-refractivity contribution in [2.24, 2.45) is 0 Å². The molecule has 1 aromatic heterocycles. The molecule has 28 heavy (non-hydrogen) atoms. The topological polar surface area (TPSA) is 107 Å². The maximum atomic E-state index is 12.8. The van der Waals surface area contributed by atoms with E-state index in [1.165, 1.54) is 17.3 Å². The van der Waals surface area contributed by atoms with Gasteiger partial charge in [0.15, 0.2) is 22.1 Å². The lowest BCUT2D eigenvalue weighted by Crippen LogP contribution is -2.42. The molecule has 0 bridgehead atoms. The Morgan fingerprint density at radius 1 is 1.18 bits per heavy atom. The quantitative estimate of drug-likeness (QED) is 0.666. The zero-order valence-corrected chi connectivity index (χ0v) is 16.3. The van der Waals surface area contributed by atoms with Gasteiger partial charge >= 0.3 is 5.97 Å². The molecule has 9 heteroatoms. The summed E-state index contributed by atoms with van der Waals surface area (Å²) in [5.41, 5.74) is 1.54. The molecule has 2 heterocycles. The van der Waals surface area contributed by atoms with Crippen LogP contribution in [0.15, 0.2) is 42.7 Å². The normalized spacial score (nSPS) is 17.8. The number of esters is 1. The number of aromatic nitrogens is 2. The average Bonchev–Trinajstić information content (AvgIpc) is 3.04. The van der Waals surface area contributed by atoms with Crippen LogP contribution in [-0.4, -0.2) is 59.3 Å². The highest BCUT2D eigenvalue weighted by Crippen LogP contribution is 2.20. The minimum Gasteiger partial charge on any atom is -0.451 e. The second-order valence-corrected chi connectivity index (χ2v) is 8.91. The standard InChI is InChI=1S/C19H21N3O5S/c1-14-9-21-17(10-20-14)19(24)27-12-18(23)22(11-15-5-3-2-4-6-15)16-7-8-28(25,26)13-16/h2-6,9-10,16H,7-8,11-13H2,1H3. The molecule has 0 aliphatic carbocycles. The van der Waals surface area contributed by atoms with Crippen LogP contribution in [0.3, 0.4) is 0 Å². The summed E-state index contributed by atoms with van der Waals surface area (Å²) in [5.74, 6) is -1.23. The van der Waals surface area contributed by atoms with E-state index in [-0.39, 0.29) is 23.7 Å². The lowest BCUT2D eigenvalue weighted by atomic mass is 10.1. The first-order valence-electron chi connectivity index (χ1n) is 8.84. The molecule has 1 atom stereocenters. The van der Waals surface area contributed by atoms with Crippen molar-refractivity contribution in [2.45, 2.75) is 25.9 Å². The van der Waals surface area contributed by atoms with Crippen LogP contribution in [0.2, 0.25) is 0 Å². The van der Waals surface area contributed by atoms with E-state index in [2.05, 4.69) is 9.97 Å². The molecule has 1 amide bonds. The van der Waals surface area contributed by atoms with E-state index in [1.54, 1.807) is 6.92 Å². The van der Waals surface area contributed by atoms with Crippen molar-refractivity contribution in [1.82, 2.24) is 14.9 Å². The molecule has 1 aromatic carbocycles. The van der Waals surface area contributed by atoms with Gasteiger partial charge in [-0.3, -0.25) is 9.78 Å². The zero-order valence-electron chi connectivity index (χ0n) is 15.4. The summed E-state index contributed by atoms with van der Waals surface area (Å²) < 4.78 is 28.8. The van der Waals surface area contributed by atoms with Gasteiger partial charge in [0.25, 0.3) is 5.91 Å². The van der Waals surface area contributed by atoms with Gasteiger partial charge in [-0.25, -0.2) is 18.2 Å². The van der Waals surface area contributed by atoms with Gasteiger partial charge in [-0.2, -0.15) is 0 Å². The molecule has 2 aromatic rings. The van der Waals surface area contributed by atoms with Gasteiger partial charge in [0.2, 0.25) is 0 Å². The number of hydrogen-bond donors (Lipinski definition) is 0. The van der Waals surface area contributed by atoms with Gasteiger partial charge < -0.3 is 9.64 Å². The fourth-order valence-electron chi connectivity index (χ4n) is 3.00. The molecule has 1 unspecified atom stereocenters. The molecule has 0 radical (unpaired) electrons. The predicted octanol–water partition coefficient (Wildman–Crippen LogP) is 1.16. The number of benzene rings is 1. The van der Waals surface area contributed by atoms with E-state index in [9.17, 15) is 18.0 Å². The Bertz CT molecular complexity index is 945.